The third-order valence-corrected chi connectivity index (χ3v) is 8.05. The summed E-state index contributed by atoms with van der Waals surface area (Å²) in [6.45, 7) is 0. The Labute approximate surface area is 248 Å². The van der Waals surface area contributed by atoms with E-state index in [4.69, 9.17) is 0 Å². The molecule has 4 aromatic carbocycles. The number of hydrogen-bond donors (Lipinski definition) is 1. The van der Waals surface area contributed by atoms with Gasteiger partial charge in [0.1, 0.15) is 5.76 Å². The van der Waals surface area contributed by atoms with E-state index in [1.54, 1.807) is 6.07 Å². The zero-order valence-electron chi connectivity index (χ0n) is 18.8. The van der Waals surface area contributed by atoms with E-state index in [1.165, 1.54) is 24.3 Å². The van der Waals surface area contributed by atoms with Crippen LogP contribution in [0, 0.1) is 49.4 Å². The van der Waals surface area contributed by atoms with Gasteiger partial charge in [-0.25, -0.2) is 0 Å². The average Bonchev–Trinajstić information content (AvgIpc) is 2.90. The van der Waals surface area contributed by atoms with Gasteiger partial charge in [0, 0.05) is 76.9 Å². The largest absolute Gasteiger partial charge is 0.507 e. The van der Waals surface area contributed by atoms with E-state index in [0.717, 1.165) is 15.9 Å². The Balaban J connectivity index is 0.000000258. The Bertz CT molecular complexity index is 1210. The fourth-order valence-electron chi connectivity index (χ4n) is 3.26. The predicted octanol–water partition coefficient (Wildman–Crippen LogP) is 6.04. The van der Waals surface area contributed by atoms with Crippen LogP contribution < -0.4 is 15.9 Å². The molecule has 185 valence electrons. The first-order valence-corrected chi connectivity index (χ1v) is 12.3. The van der Waals surface area contributed by atoms with Crippen molar-refractivity contribution in [1.29, 1.82) is 0 Å². The number of aliphatic hydroxyl groups is 1. The van der Waals surface area contributed by atoms with Gasteiger partial charge in [0.05, 0.1) is 0 Å². The Morgan fingerprint density at radius 3 is 1.25 bits per heavy atom. The van der Waals surface area contributed by atoms with Gasteiger partial charge in [-0.05, 0) is 0 Å². The molecule has 0 amide bonds. The molecule has 1 radical (unpaired) electrons. The van der Waals surface area contributed by atoms with Crippen molar-refractivity contribution in [1.82, 2.24) is 0 Å². The molecule has 0 saturated carbocycles. The second-order valence-corrected chi connectivity index (χ2v) is 10.1. The minimum absolute atomic E-state index is 0. The van der Waals surface area contributed by atoms with Gasteiger partial charge >= 0.3 is 6.18 Å². The molecule has 0 aliphatic heterocycles. The number of carbonyl (C=O) groups excluding carboxylic acids is 1. The minimum Gasteiger partial charge on any atom is -0.507 e. The van der Waals surface area contributed by atoms with Crippen molar-refractivity contribution in [3.05, 3.63) is 133 Å². The van der Waals surface area contributed by atoms with E-state index in [9.17, 15) is 27.6 Å². The zero-order valence-corrected chi connectivity index (χ0v) is 22.2. The molecule has 8 heteroatoms. The second kappa shape index (κ2) is 13.9. The number of ketones is 1. The van der Waals surface area contributed by atoms with Gasteiger partial charge < -0.3 is 9.67 Å². The molecule has 0 aromatic heterocycles. The van der Waals surface area contributed by atoms with E-state index >= 15 is 0 Å². The average molecular weight is 646 g/mol. The Morgan fingerprint density at radius 2 is 0.944 bits per heavy atom. The molecule has 36 heavy (non-hydrogen) atoms. The van der Waals surface area contributed by atoms with E-state index in [1.807, 2.05) is 91.0 Å². The van der Waals surface area contributed by atoms with Crippen LogP contribution in [-0.2, 0) is 9.36 Å². The molecule has 0 fully saturated rings. The third-order valence-electron chi connectivity index (χ3n) is 4.98. The quantitative estimate of drug-likeness (QED) is 0.164. The first-order valence-electron chi connectivity index (χ1n) is 10.6. The maximum absolute atomic E-state index is 13.8. The van der Waals surface area contributed by atoms with Gasteiger partial charge in [-0.2, -0.15) is 13.2 Å². The van der Waals surface area contributed by atoms with Gasteiger partial charge in [-0.3, -0.25) is 4.79 Å². The molecule has 4 aromatic rings. The fourth-order valence-corrected chi connectivity index (χ4v) is 5.93. The third kappa shape index (κ3) is 7.85. The Morgan fingerprint density at radius 1 is 0.639 bits per heavy atom. The van der Waals surface area contributed by atoms with Crippen molar-refractivity contribution in [3.8, 4) is 0 Å². The predicted molar refractivity (Wildman–Crippen MR) is 134 cm³/mol. The zero-order chi connectivity index (χ0) is 25.3. The Kier molecular flexibility index (Phi) is 11.5. The van der Waals surface area contributed by atoms with Crippen LogP contribution in [0.15, 0.2) is 127 Å². The molecule has 0 bridgehead atoms. The first-order chi connectivity index (χ1) is 16.7. The molecule has 0 aliphatic rings. The minimum atomic E-state index is -4.96. The van der Waals surface area contributed by atoms with E-state index in [0.29, 0.717) is 0 Å². The van der Waals surface area contributed by atoms with Gasteiger partial charge in [0.25, 0.3) is 5.78 Å². The molecular formula is C28H22EuF3O3P. The molecular weight excluding hydrogens is 624 g/mol. The molecule has 0 heterocycles. The summed E-state index contributed by atoms with van der Waals surface area (Å²) in [6.07, 6.45) is -4.79. The molecule has 3 nitrogen and oxygen atoms in total. The first kappa shape index (κ1) is 29.9. The van der Waals surface area contributed by atoms with E-state index in [2.05, 4.69) is 0 Å². The van der Waals surface area contributed by atoms with E-state index in [-0.39, 0.29) is 61.0 Å². The van der Waals surface area contributed by atoms with E-state index < -0.39 is 24.9 Å². The summed E-state index contributed by atoms with van der Waals surface area (Å²) >= 11 is 0. The molecule has 4 rings (SSSR count). The van der Waals surface area contributed by atoms with Gasteiger partial charge in [-0.15, -0.1) is 0 Å². The van der Waals surface area contributed by atoms with Gasteiger partial charge in [-0.1, -0.05) is 121 Å². The topological polar surface area (TPSA) is 54.4 Å². The van der Waals surface area contributed by atoms with Crippen molar-refractivity contribution in [2.24, 2.45) is 0 Å². The van der Waals surface area contributed by atoms with Crippen LogP contribution >= 0.6 is 7.14 Å². The van der Waals surface area contributed by atoms with Crippen LogP contribution in [0.3, 0.4) is 0 Å². The molecule has 0 spiro atoms. The van der Waals surface area contributed by atoms with Crippen molar-refractivity contribution >= 4 is 34.6 Å². The van der Waals surface area contributed by atoms with Crippen molar-refractivity contribution in [2.75, 3.05) is 0 Å². The fraction of sp³-hybridized carbons (Fsp3) is 0.0357. The molecule has 0 aliphatic carbocycles. The van der Waals surface area contributed by atoms with Crippen LogP contribution in [0.2, 0.25) is 0 Å². The molecule has 0 unspecified atom stereocenters. The maximum Gasteiger partial charge on any atom is 0.454 e. The summed E-state index contributed by atoms with van der Waals surface area (Å²) in [5.41, 5.74) is 0.162. The van der Waals surface area contributed by atoms with Crippen LogP contribution in [0.25, 0.3) is 5.76 Å². The number of aliphatic hydroxyl groups excluding tert-OH is 1. The maximum atomic E-state index is 13.8. The van der Waals surface area contributed by atoms with Gasteiger partial charge in [0.15, 0.2) is 7.14 Å². The summed E-state index contributed by atoms with van der Waals surface area (Å²) in [4.78, 5) is 10.5. The van der Waals surface area contributed by atoms with Crippen LogP contribution in [0.1, 0.15) is 5.56 Å². The standard InChI is InChI=1S/C18H15OP.C10H7F3O2.Eu/c19-20(16-10-4-1-5-11-16,17-12-6-2-7-13-17)18-14-8-3-9-15-18;11-10(12,13)9(15)6-8(14)7-4-2-1-3-5-7;/h1-15H;1-6,14H;. The SMILES string of the molecule is O=C(C=C(O)c1ccccc1)C(F)(F)F.O=P(c1ccccc1)(c1ccccc1)c1ccccc1.[Eu]. The summed E-state index contributed by atoms with van der Waals surface area (Å²) in [6, 6.07) is 36.7. The number of halogens is 3. The van der Waals surface area contributed by atoms with Crippen molar-refractivity contribution in [2.45, 2.75) is 6.18 Å². The second-order valence-electron chi connectivity index (χ2n) is 7.37. The molecule has 1 N–H and O–H groups in total. The molecule has 0 atom stereocenters. The number of allylic oxidation sites excluding steroid dienone is 1. The smallest absolute Gasteiger partial charge is 0.454 e. The summed E-state index contributed by atoms with van der Waals surface area (Å²) in [5, 5.41) is 11.8. The van der Waals surface area contributed by atoms with Crippen molar-refractivity contribution < 1.29 is 77.0 Å². The van der Waals surface area contributed by atoms with Crippen LogP contribution in [0.5, 0.6) is 0 Å². The number of alkyl halides is 3. The number of benzene rings is 4. The van der Waals surface area contributed by atoms with Gasteiger partial charge in [0.2, 0.25) is 0 Å². The summed E-state index contributed by atoms with van der Waals surface area (Å²) in [7, 11) is -2.78. The number of carbonyl (C=O) groups is 1. The summed E-state index contributed by atoms with van der Waals surface area (Å²) < 4.78 is 49.3. The van der Waals surface area contributed by atoms with Crippen LogP contribution in [0.4, 0.5) is 13.2 Å². The van der Waals surface area contributed by atoms with Crippen molar-refractivity contribution in [3.63, 3.8) is 0 Å². The summed E-state index contributed by atoms with van der Waals surface area (Å²) in [5.74, 6) is -2.78. The van der Waals surface area contributed by atoms with Crippen LogP contribution in [-0.4, -0.2) is 17.1 Å². The number of rotatable bonds is 5. The Hall–Kier alpha value is -2.31. The normalized spacial score (nSPS) is 11.5. The molecule has 0 saturated heterocycles. The monoisotopic (exact) mass is 647 g/mol. The number of hydrogen-bond acceptors (Lipinski definition) is 3.